The number of nitriles is 1. The zero-order valence-electron chi connectivity index (χ0n) is 13.1. The average molecular weight is 343 g/mol. The van der Waals surface area contributed by atoms with Gasteiger partial charge in [-0.25, -0.2) is 4.98 Å². The summed E-state index contributed by atoms with van der Waals surface area (Å²) in [4.78, 5) is 4.34. The van der Waals surface area contributed by atoms with Gasteiger partial charge >= 0.3 is 6.18 Å². The topological polar surface area (TPSA) is 61.9 Å². The molecule has 2 heterocycles. The first-order valence-electron chi connectivity index (χ1n) is 7.28. The summed E-state index contributed by atoms with van der Waals surface area (Å²) in [5.74, 6) is 0.801. The molecule has 7 heteroatoms. The Morgan fingerprint density at radius 3 is 2.40 bits per heavy atom. The Morgan fingerprint density at radius 2 is 1.88 bits per heavy atom. The third-order valence-electron chi connectivity index (χ3n) is 3.66. The van der Waals surface area contributed by atoms with E-state index in [0.29, 0.717) is 34.0 Å². The molecular formula is C18H12F3N3O. The molecule has 0 saturated carbocycles. The Morgan fingerprint density at radius 1 is 1.16 bits per heavy atom. The SMILES string of the molecule is CNc1nc(-c2ccc(C(F)(F)F)cc2)cc(-c2ccco2)c1C#N. The van der Waals surface area contributed by atoms with Crippen molar-refractivity contribution in [1.29, 1.82) is 5.26 Å². The van der Waals surface area contributed by atoms with Crippen LogP contribution in [0, 0.1) is 11.3 Å². The maximum atomic E-state index is 12.7. The first kappa shape index (κ1) is 16.6. The summed E-state index contributed by atoms with van der Waals surface area (Å²) in [6.45, 7) is 0. The molecule has 25 heavy (non-hydrogen) atoms. The highest BCUT2D eigenvalue weighted by Crippen LogP contribution is 2.34. The fourth-order valence-electron chi connectivity index (χ4n) is 2.44. The molecule has 0 bridgehead atoms. The lowest BCUT2D eigenvalue weighted by Crippen LogP contribution is -2.04. The summed E-state index contributed by atoms with van der Waals surface area (Å²) in [5, 5.41) is 12.3. The Hall–Kier alpha value is -3.27. The number of nitrogens with one attached hydrogen (secondary N) is 1. The van der Waals surface area contributed by atoms with Gasteiger partial charge in [-0.2, -0.15) is 18.4 Å². The van der Waals surface area contributed by atoms with Crippen LogP contribution in [0.2, 0.25) is 0 Å². The fourth-order valence-corrected chi connectivity index (χ4v) is 2.44. The Labute approximate surface area is 141 Å². The number of rotatable bonds is 3. The van der Waals surface area contributed by atoms with Crippen molar-refractivity contribution in [3.63, 3.8) is 0 Å². The van der Waals surface area contributed by atoms with E-state index in [-0.39, 0.29) is 0 Å². The van der Waals surface area contributed by atoms with Crippen LogP contribution >= 0.6 is 0 Å². The summed E-state index contributed by atoms with van der Waals surface area (Å²) in [6.07, 6.45) is -2.92. The number of halogens is 3. The second kappa shape index (κ2) is 6.32. The lowest BCUT2D eigenvalue weighted by molar-refractivity contribution is -0.137. The molecule has 3 rings (SSSR count). The van der Waals surface area contributed by atoms with E-state index < -0.39 is 11.7 Å². The standard InChI is InChI=1S/C18H12F3N3O/c1-23-17-14(10-22)13(16-3-2-8-25-16)9-15(24-17)11-4-6-12(7-5-11)18(19,20)21/h2-9H,1H3,(H,23,24). The summed E-state index contributed by atoms with van der Waals surface area (Å²) in [6, 6.07) is 11.8. The highest BCUT2D eigenvalue weighted by molar-refractivity contribution is 5.78. The molecule has 3 aromatic rings. The molecular weight excluding hydrogens is 331 g/mol. The molecule has 126 valence electrons. The smallest absolute Gasteiger partial charge is 0.416 e. The molecule has 1 aromatic carbocycles. The molecule has 0 aliphatic carbocycles. The zero-order valence-corrected chi connectivity index (χ0v) is 13.1. The Balaban J connectivity index is 2.14. The van der Waals surface area contributed by atoms with Gasteiger partial charge in [-0.15, -0.1) is 0 Å². The van der Waals surface area contributed by atoms with E-state index in [1.807, 2.05) is 0 Å². The predicted molar refractivity (Wildman–Crippen MR) is 86.6 cm³/mol. The molecule has 0 unspecified atom stereocenters. The molecule has 0 amide bonds. The number of anilines is 1. The average Bonchev–Trinajstić information content (AvgIpc) is 3.14. The van der Waals surface area contributed by atoms with E-state index in [2.05, 4.69) is 16.4 Å². The van der Waals surface area contributed by atoms with E-state index in [9.17, 15) is 18.4 Å². The molecule has 0 aliphatic heterocycles. The normalized spacial score (nSPS) is 11.2. The van der Waals surface area contributed by atoms with Crippen LogP contribution in [0.5, 0.6) is 0 Å². The second-order valence-electron chi connectivity index (χ2n) is 5.19. The van der Waals surface area contributed by atoms with E-state index in [1.54, 1.807) is 25.2 Å². The summed E-state index contributed by atoms with van der Waals surface area (Å²) in [7, 11) is 1.62. The number of furan rings is 1. The monoisotopic (exact) mass is 343 g/mol. The molecule has 0 fully saturated rings. The van der Waals surface area contributed by atoms with Gasteiger partial charge in [0.25, 0.3) is 0 Å². The number of hydrogen-bond acceptors (Lipinski definition) is 4. The largest absolute Gasteiger partial charge is 0.464 e. The molecule has 0 spiro atoms. The van der Waals surface area contributed by atoms with E-state index in [1.165, 1.54) is 18.4 Å². The van der Waals surface area contributed by atoms with E-state index >= 15 is 0 Å². The van der Waals surface area contributed by atoms with Gasteiger partial charge in [-0.1, -0.05) is 12.1 Å². The summed E-state index contributed by atoms with van der Waals surface area (Å²) < 4.78 is 43.5. The van der Waals surface area contributed by atoms with Gasteiger partial charge in [0.1, 0.15) is 23.2 Å². The van der Waals surface area contributed by atoms with Gasteiger partial charge in [0.2, 0.25) is 0 Å². The van der Waals surface area contributed by atoms with E-state index in [4.69, 9.17) is 4.42 Å². The lowest BCUT2D eigenvalue weighted by Gasteiger charge is -2.11. The Kier molecular flexibility index (Phi) is 4.19. The molecule has 0 saturated heterocycles. The van der Waals surface area contributed by atoms with Crippen LogP contribution in [-0.4, -0.2) is 12.0 Å². The molecule has 0 aliphatic rings. The van der Waals surface area contributed by atoms with Crippen molar-refractivity contribution in [3.8, 4) is 28.7 Å². The highest BCUT2D eigenvalue weighted by Gasteiger charge is 2.30. The molecule has 0 radical (unpaired) electrons. The quantitative estimate of drug-likeness (QED) is 0.731. The molecule has 2 aromatic heterocycles. The zero-order chi connectivity index (χ0) is 18.0. The minimum atomic E-state index is -4.40. The van der Waals surface area contributed by atoms with Crippen LogP contribution in [0.3, 0.4) is 0 Å². The van der Waals surface area contributed by atoms with Crippen LogP contribution in [0.1, 0.15) is 11.1 Å². The van der Waals surface area contributed by atoms with Gasteiger partial charge in [-0.05, 0) is 30.3 Å². The number of nitrogens with zero attached hydrogens (tertiary/aromatic N) is 2. The number of pyridine rings is 1. The number of aromatic nitrogens is 1. The van der Waals surface area contributed by atoms with Crippen LogP contribution in [-0.2, 0) is 6.18 Å². The number of hydrogen-bond donors (Lipinski definition) is 1. The van der Waals surface area contributed by atoms with Crippen molar-refractivity contribution >= 4 is 5.82 Å². The predicted octanol–water partition coefficient (Wildman–Crippen LogP) is 4.94. The van der Waals surface area contributed by atoms with Crippen molar-refractivity contribution in [1.82, 2.24) is 4.98 Å². The molecule has 1 N–H and O–H groups in total. The van der Waals surface area contributed by atoms with Gasteiger partial charge in [-0.3, -0.25) is 0 Å². The van der Waals surface area contributed by atoms with E-state index in [0.717, 1.165) is 12.1 Å². The highest BCUT2D eigenvalue weighted by atomic mass is 19.4. The molecule has 0 atom stereocenters. The van der Waals surface area contributed by atoms with Gasteiger partial charge < -0.3 is 9.73 Å². The van der Waals surface area contributed by atoms with Gasteiger partial charge in [0.15, 0.2) is 0 Å². The summed E-state index contributed by atoms with van der Waals surface area (Å²) in [5.41, 5.74) is 1.02. The first-order chi connectivity index (χ1) is 11.9. The van der Waals surface area contributed by atoms with Gasteiger partial charge in [0.05, 0.1) is 17.5 Å². The minimum Gasteiger partial charge on any atom is -0.464 e. The van der Waals surface area contributed by atoms with Crippen molar-refractivity contribution in [2.24, 2.45) is 0 Å². The summed E-state index contributed by atoms with van der Waals surface area (Å²) >= 11 is 0. The van der Waals surface area contributed by atoms with Crippen molar-refractivity contribution in [2.75, 3.05) is 12.4 Å². The Bertz CT molecular complexity index is 924. The van der Waals surface area contributed by atoms with Crippen LogP contribution in [0.25, 0.3) is 22.6 Å². The van der Waals surface area contributed by atoms with Crippen LogP contribution in [0.4, 0.5) is 19.0 Å². The lowest BCUT2D eigenvalue weighted by atomic mass is 10.0. The maximum absolute atomic E-state index is 12.7. The van der Waals surface area contributed by atoms with Crippen molar-refractivity contribution in [3.05, 3.63) is 59.9 Å². The first-order valence-corrected chi connectivity index (χ1v) is 7.28. The second-order valence-corrected chi connectivity index (χ2v) is 5.19. The third kappa shape index (κ3) is 3.19. The maximum Gasteiger partial charge on any atom is 0.416 e. The molecule has 4 nitrogen and oxygen atoms in total. The number of benzene rings is 1. The third-order valence-corrected chi connectivity index (χ3v) is 3.66. The van der Waals surface area contributed by atoms with Crippen LogP contribution < -0.4 is 5.32 Å². The van der Waals surface area contributed by atoms with Crippen molar-refractivity contribution in [2.45, 2.75) is 6.18 Å². The van der Waals surface area contributed by atoms with Crippen LogP contribution in [0.15, 0.2) is 53.1 Å². The number of alkyl halides is 3. The fraction of sp³-hybridized carbons (Fsp3) is 0.111. The minimum absolute atomic E-state index is 0.299. The van der Waals surface area contributed by atoms with Crippen molar-refractivity contribution < 1.29 is 17.6 Å². The van der Waals surface area contributed by atoms with Gasteiger partial charge in [0, 0.05) is 18.2 Å².